The third-order valence-electron chi connectivity index (χ3n) is 4.50. The molecule has 156 valence electrons. The molecule has 1 atom stereocenters. The Morgan fingerprint density at radius 3 is 2.41 bits per heavy atom. The lowest BCUT2D eigenvalue weighted by Gasteiger charge is -2.23. The van der Waals surface area contributed by atoms with Crippen LogP contribution in [-0.4, -0.2) is 33.6 Å². The number of halogens is 1. The number of rotatable bonds is 6. The summed E-state index contributed by atoms with van der Waals surface area (Å²) in [5.74, 6) is -0.467. The molecule has 1 heterocycles. The molecule has 2 N–H and O–H groups in total. The van der Waals surface area contributed by atoms with Crippen LogP contribution in [0.15, 0.2) is 41.3 Å². The molecule has 0 aliphatic carbocycles. The van der Waals surface area contributed by atoms with Gasteiger partial charge in [0.15, 0.2) is 11.5 Å². The summed E-state index contributed by atoms with van der Waals surface area (Å²) in [7, 11) is -4.00. The molecule has 0 saturated carbocycles. The summed E-state index contributed by atoms with van der Waals surface area (Å²) in [6, 6.07) is 7.22. The van der Waals surface area contributed by atoms with Crippen LogP contribution in [0.1, 0.15) is 19.4 Å². The summed E-state index contributed by atoms with van der Waals surface area (Å²) in [4.78, 5) is 12.7. The first kappa shape index (κ1) is 21.1. The number of nitrogens with one attached hydrogen (secondary N) is 2. The molecule has 1 aliphatic rings. The Morgan fingerprint density at radius 2 is 1.76 bits per heavy atom. The van der Waals surface area contributed by atoms with Gasteiger partial charge in [-0.3, -0.25) is 4.79 Å². The molecule has 0 saturated heterocycles. The molecule has 1 unspecified atom stereocenters. The van der Waals surface area contributed by atoms with E-state index in [0.29, 0.717) is 36.0 Å². The topological polar surface area (TPSA) is 93.7 Å². The normalized spacial score (nSPS) is 14.5. The summed E-state index contributed by atoms with van der Waals surface area (Å²) in [6.45, 7) is 5.85. The van der Waals surface area contributed by atoms with E-state index in [4.69, 9.17) is 9.47 Å². The fourth-order valence-corrected chi connectivity index (χ4v) is 4.26. The highest BCUT2D eigenvalue weighted by molar-refractivity contribution is 7.89. The van der Waals surface area contributed by atoms with Crippen molar-refractivity contribution in [1.29, 1.82) is 0 Å². The molecule has 0 bridgehead atoms. The van der Waals surface area contributed by atoms with Crippen LogP contribution >= 0.6 is 0 Å². The third kappa shape index (κ3) is 4.86. The number of benzene rings is 2. The number of hydrogen-bond donors (Lipinski definition) is 2. The van der Waals surface area contributed by atoms with E-state index in [-0.39, 0.29) is 10.8 Å². The first-order valence-electron chi connectivity index (χ1n) is 9.16. The highest BCUT2D eigenvalue weighted by atomic mass is 32.2. The van der Waals surface area contributed by atoms with Crippen LogP contribution in [0, 0.1) is 18.7 Å². The van der Waals surface area contributed by atoms with Crippen molar-refractivity contribution in [2.24, 2.45) is 5.92 Å². The van der Waals surface area contributed by atoms with Crippen molar-refractivity contribution in [3.8, 4) is 11.5 Å². The Balaban J connectivity index is 1.81. The molecular weight excluding hydrogens is 399 g/mol. The van der Waals surface area contributed by atoms with Gasteiger partial charge in [0.25, 0.3) is 0 Å². The van der Waals surface area contributed by atoms with Gasteiger partial charge in [-0.1, -0.05) is 13.8 Å². The summed E-state index contributed by atoms with van der Waals surface area (Å²) < 4.78 is 52.3. The Kier molecular flexibility index (Phi) is 6.09. The molecule has 0 fully saturated rings. The summed E-state index contributed by atoms with van der Waals surface area (Å²) in [6.07, 6.45) is 0. The maximum Gasteiger partial charge on any atom is 0.242 e. The summed E-state index contributed by atoms with van der Waals surface area (Å²) in [5, 5.41) is 2.67. The van der Waals surface area contributed by atoms with E-state index in [0.717, 1.165) is 0 Å². The molecule has 0 radical (unpaired) electrons. The van der Waals surface area contributed by atoms with E-state index >= 15 is 0 Å². The molecule has 1 aliphatic heterocycles. The summed E-state index contributed by atoms with van der Waals surface area (Å²) >= 11 is 0. The molecule has 1 amide bonds. The standard InChI is InChI=1S/C20H23FN2O5S/c1-12(2)19(20(24)22-16-6-4-14(21)10-13(16)3)23-29(25,26)15-5-7-17-18(11-15)28-9-8-27-17/h4-7,10-12,19,23H,8-9H2,1-3H3,(H,22,24). The van der Waals surface area contributed by atoms with E-state index in [9.17, 15) is 17.6 Å². The number of fused-ring (bicyclic) bond motifs is 1. The maximum atomic E-state index is 13.3. The van der Waals surface area contributed by atoms with E-state index < -0.39 is 27.8 Å². The van der Waals surface area contributed by atoms with Gasteiger partial charge in [0.2, 0.25) is 15.9 Å². The number of carbonyl (C=O) groups is 1. The Hall–Kier alpha value is -2.65. The van der Waals surface area contributed by atoms with Crippen LogP contribution in [0.4, 0.5) is 10.1 Å². The lowest BCUT2D eigenvalue weighted by molar-refractivity contribution is -0.118. The smallest absolute Gasteiger partial charge is 0.242 e. The number of sulfonamides is 1. The molecule has 2 aromatic rings. The van der Waals surface area contributed by atoms with Crippen molar-refractivity contribution in [2.45, 2.75) is 31.7 Å². The van der Waals surface area contributed by atoms with Gasteiger partial charge in [-0.25, -0.2) is 12.8 Å². The van der Waals surface area contributed by atoms with E-state index in [1.807, 2.05) is 0 Å². The predicted molar refractivity (Wildman–Crippen MR) is 106 cm³/mol. The quantitative estimate of drug-likeness (QED) is 0.747. The molecule has 0 spiro atoms. The van der Waals surface area contributed by atoms with Crippen molar-refractivity contribution in [3.63, 3.8) is 0 Å². The van der Waals surface area contributed by atoms with Crippen molar-refractivity contribution >= 4 is 21.6 Å². The van der Waals surface area contributed by atoms with E-state index in [1.165, 1.54) is 36.4 Å². The fraction of sp³-hybridized carbons (Fsp3) is 0.350. The van der Waals surface area contributed by atoms with Crippen LogP contribution in [0.3, 0.4) is 0 Å². The molecule has 29 heavy (non-hydrogen) atoms. The minimum absolute atomic E-state index is 0.0295. The number of anilines is 1. The minimum atomic E-state index is -4.00. The number of ether oxygens (including phenoxy) is 2. The van der Waals surface area contributed by atoms with Crippen LogP contribution in [0.25, 0.3) is 0 Å². The van der Waals surface area contributed by atoms with Gasteiger partial charge in [0.1, 0.15) is 25.1 Å². The Labute approximate surface area is 169 Å². The average molecular weight is 422 g/mol. The zero-order chi connectivity index (χ0) is 21.2. The fourth-order valence-electron chi connectivity index (χ4n) is 2.90. The van der Waals surface area contributed by atoms with Crippen LogP contribution in [-0.2, 0) is 14.8 Å². The zero-order valence-corrected chi connectivity index (χ0v) is 17.2. The lowest BCUT2D eigenvalue weighted by Crippen LogP contribution is -2.47. The lowest BCUT2D eigenvalue weighted by atomic mass is 10.0. The second kappa shape index (κ2) is 8.38. The SMILES string of the molecule is Cc1cc(F)ccc1NC(=O)C(NS(=O)(=O)c1ccc2c(c1)OCCO2)C(C)C. The molecule has 7 nitrogen and oxygen atoms in total. The maximum absolute atomic E-state index is 13.3. The van der Waals surface area contributed by atoms with Crippen molar-refractivity contribution in [3.05, 3.63) is 47.8 Å². The van der Waals surface area contributed by atoms with Gasteiger partial charge >= 0.3 is 0 Å². The van der Waals surface area contributed by atoms with Crippen molar-refractivity contribution in [2.75, 3.05) is 18.5 Å². The van der Waals surface area contributed by atoms with E-state index in [2.05, 4.69) is 10.0 Å². The van der Waals surface area contributed by atoms with Gasteiger partial charge < -0.3 is 14.8 Å². The molecule has 0 aromatic heterocycles. The van der Waals surface area contributed by atoms with Crippen LogP contribution in [0.5, 0.6) is 11.5 Å². The van der Waals surface area contributed by atoms with Crippen molar-refractivity contribution < 1.29 is 27.1 Å². The molecule has 2 aromatic carbocycles. The van der Waals surface area contributed by atoms with Crippen molar-refractivity contribution in [1.82, 2.24) is 4.72 Å². The van der Waals surface area contributed by atoms with E-state index in [1.54, 1.807) is 20.8 Å². The van der Waals surface area contributed by atoms with Gasteiger partial charge in [0, 0.05) is 11.8 Å². The second-order valence-electron chi connectivity index (χ2n) is 7.10. The van der Waals surface area contributed by atoms with Gasteiger partial charge in [-0.05, 0) is 48.7 Å². The minimum Gasteiger partial charge on any atom is -0.486 e. The number of carbonyl (C=O) groups excluding carboxylic acids is 1. The van der Waals surface area contributed by atoms with Crippen LogP contribution < -0.4 is 19.5 Å². The monoisotopic (exact) mass is 422 g/mol. The molecular formula is C20H23FN2O5S. The zero-order valence-electron chi connectivity index (χ0n) is 16.4. The second-order valence-corrected chi connectivity index (χ2v) is 8.81. The first-order chi connectivity index (χ1) is 13.7. The van der Waals surface area contributed by atoms with Gasteiger partial charge in [-0.2, -0.15) is 4.72 Å². The van der Waals surface area contributed by atoms with Gasteiger partial charge in [-0.15, -0.1) is 0 Å². The largest absolute Gasteiger partial charge is 0.486 e. The van der Waals surface area contributed by atoms with Crippen LogP contribution in [0.2, 0.25) is 0 Å². The Bertz CT molecular complexity index is 1020. The van der Waals surface area contributed by atoms with Gasteiger partial charge in [0.05, 0.1) is 4.90 Å². The Morgan fingerprint density at radius 1 is 1.07 bits per heavy atom. The number of aryl methyl sites for hydroxylation is 1. The highest BCUT2D eigenvalue weighted by Gasteiger charge is 2.29. The summed E-state index contributed by atoms with van der Waals surface area (Å²) in [5.41, 5.74) is 0.955. The number of hydrogen-bond acceptors (Lipinski definition) is 5. The molecule has 9 heteroatoms. The third-order valence-corrected chi connectivity index (χ3v) is 5.94. The molecule has 3 rings (SSSR count). The first-order valence-corrected chi connectivity index (χ1v) is 10.6. The number of amides is 1. The highest BCUT2D eigenvalue weighted by Crippen LogP contribution is 2.32. The average Bonchev–Trinajstić information content (AvgIpc) is 2.67. The predicted octanol–water partition coefficient (Wildman–Crippen LogP) is 2.85.